The number of likely N-dealkylation sites (tertiary alicyclic amines) is 1. The lowest BCUT2D eigenvalue weighted by Crippen LogP contribution is -2.43. The first-order valence-electron chi connectivity index (χ1n) is 10.2. The van der Waals surface area contributed by atoms with Gasteiger partial charge in [-0.2, -0.15) is 20.0 Å². The molecule has 0 radical (unpaired) electrons. The number of benzene rings is 1. The van der Waals surface area contributed by atoms with Gasteiger partial charge < -0.3 is 25.3 Å². The number of rotatable bonds is 9. The number of hydrogen-bond acceptors (Lipinski definition) is 10. The van der Waals surface area contributed by atoms with E-state index in [2.05, 4.69) is 32.2 Å². The van der Waals surface area contributed by atoms with E-state index in [-0.39, 0.29) is 31.2 Å². The normalized spacial score (nSPS) is 15.3. The highest BCUT2D eigenvalue weighted by atomic mass is 35.5. The number of anilines is 4. The van der Waals surface area contributed by atoms with Crippen LogP contribution in [-0.4, -0.2) is 89.7 Å². The summed E-state index contributed by atoms with van der Waals surface area (Å²) in [6.07, 6.45) is 1.99. The third-order valence-electron chi connectivity index (χ3n) is 5.34. The van der Waals surface area contributed by atoms with Gasteiger partial charge in [0.05, 0.1) is 32.1 Å². The fraction of sp³-hybridized carbons (Fsp3) is 0.550. The van der Waals surface area contributed by atoms with E-state index in [1.165, 1.54) is 12.2 Å². The Bertz CT molecular complexity index is 847. The molecule has 1 aliphatic heterocycles. The molecule has 0 bridgehead atoms. The molecule has 0 saturated carbocycles. The second-order valence-corrected chi connectivity index (χ2v) is 8.00. The number of nitrogens with one attached hydrogen (secondary N) is 1. The zero-order valence-corrected chi connectivity index (χ0v) is 18.8. The molecule has 3 rings (SSSR count). The van der Waals surface area contributed by atoms with Gasteiger partial charge in [0.1, 0.15) is 0 Å². The SMILES string of the molecule is CON(c1cccc(Cl)c1)c1nc(NC(CO)CO)nc(N(C)C2CCN(C)CC2)n1. The quantitative estimate of drug-likeness (QED) is 0.485. The van der Waals surface area contributed by atoms with Crippen molar-refractivity contribution in [3.05, 3.63) is 29.3 Å². The first-order valence-corrected chi connectivity index (χ1v) is 10.6. The molecule has 170 valence electrons. The van der Waals surface area contributed by atoms with Crippen LogP contribution < -0.4 is 15.3 Å². The lowest BCUT2D eigenvalue weighted by Gasteiger charge is -2.35. The van der Waals surface area contributed by atoms with Crippen LogP contribution in [0.15, 0.2) is 24.3 Å². The van der Waals surface area contributed by atoms with Crippen molar-refractivity contribution in [3.8, 4) is 0 Å². The largest absolute Gasteiger partial charge is 0.394 e. The maximum absolute atomic E-state index is 9.47. The zero-order valence-electron chi connectivity index (χ0n) is 18.1. The van der Waals surface area contributed by atoms with E-state index in [0.717, 1.165) is 25.9 Å². The zero-order chi connectivity index (χ0) is 22.4. The van der Waals surface area contributed by atoms with Crippen LogP contribution in [0.3, 0.4) is 0 Å². The lowest BCUT2D eigenvalue weighted by molar-refractivity contribution is 0.196. The van der Waals surface area contributed by atoms with Crippen LogP contribution in [0.5, 0.6) is 0 Å². The molecular formula is C20H30ClN7O3. The van der Waals surface area contributed by atoms with Crippen molar-refractivity contribution in [2.45, 2.75) is 24.9 Å². The number of hydrogen-bond donors (Lipinski definition) is 3. The van der Waals surface area contributed by atoms with Crippen molar-refractivity contribution in [2.75, 3.05) is 62.8 Å². The fourth-order valence-electron chi connectivity index (χ4n) is 3.45. The summed E-state index contributed by atoms with van der Waals surface area (Å²) in [6, 6.07) is 6.84. The minimum absolute atomic E-state index is 0.233. The van der Waals surface area contributed by atoms with Crippen LogP contribution >= 0.6 is 11.6 Å². The lowest BCUT2D eigenvalue weighted by atomic mass is 10.0. The summed E-state index contributed by atoms with van der Waals surface area (Å²) in [5, 5.41) is 23.9. The molecule has 10 nitrogen and oxygen atoms in total. The topological polar surface area (TPSA) is 110 Å². The Morgan fingerprint density at radius 3 is 2.48 bits per heavy atom. The Morgan fingerprint density at radius 2 is 1.87 bits per heavy atom. The molecular weight excluding hydrogens is 422 g/mol. The molecule has 0 aliphatic carbocycles. The maximum Gasteiger partial charge on any atom is 0.261 e. The standard InChI is InChI=1S/C20H30ClN7O3/c1-26-9-7-16(8-10-26)27(2)19-23-18(22-15(12-29)13-30)24-20(25-19)28(31-3)17-6-4-5-14(21)11-17/h4-6,11,15-16,29-30H,7-10,12-13H2,1-3H3,(H,22,23,24,25). The Hall–Kier alpha value is -2.24. The van der Waals surface area contributed by atoms with E-state index in [4.69, 9.17) is 16.4 Å². The molecule has 1 aliphatic rings. The van der Waals surface area contributed by atoms with Crippen molar-refractivity contribution in [1.82, 2.24) is 19.9 Å². The molecule has 1 aromatic heterocycles. The van der Waals surface area contributed by atoms with Gasteiger partial charge in [-0.25, -0.2) is 0 Å². The first-order chi connectivity index (χ1) is 14.9. The maximum atomic E-state index is 9.47. The van der Waals surface area contributed by atoms with E-state index in [0.29, 0.717) is 16.7 Å². The molecule has 0 unspecified atom stereocenters. The second kappa shape index (κ2) is 10.9. The van der Waals surface area contributed by atoms with Gasteiger partial charge in [0.25, 0.3) is 5.95 Å². The van der Waals surface area contributed by atoms with Crippen LogP contribution in [0, 0.1) is 0 Å². The summed E-state index contributed by atoms with van der Waals surface area (Å²) < 4.78 is 0. The number of halogens is 1. The van der Waals surface area contributed by atoms with E-state index in [9.17, 15) is 10.2 Å². The average Bonchev–Trinajstić information content (AvgIpc) is 2.78. The van der Waals surface area contributed by atoms with Crippen LogP contribution in [0.4, 0.5) is 23.5 Å². The van der Waals surface area contributed by atoms with Crippen molar-refractivity contribution in [2.24, 2.45) is 0 Å². The van der Waals surface area contributed by atoms with E-state index in [1.54, 1.807) is 12.1 Å². The van der Waals surface area contributed by atoms with Crippen LogP contribution in [0.2, 0.25) is 5.02 Å². The number of aliphatic hydroxyl groups excluding tert-OH is 2. The number of piperidine rings is 1. The molecule has 0 amide bonds. The Morgan fingerprint density at radius 1 is 1.19 bits per heavy atom. The molecule has 0 atom stereocenters. The summed E-state index contributed by atoms with van der Waals surface area (Å²) in [4.78, 5) is 23.5. The smallest absolute Gasteiger partial charge is 0.261 e. The van der Waals surface area contributed by atoms with Crippen molar-refractivity contribution in [1.29, 1.82) is 0 Å². The molecule has 2 aromatic rings. The van der Waals surface area contributed by atoms with Crippen LogP contribution in [-0.2, 0) is 4.84 Å². The molecule has 1 aromatic carbocycles. The van der Waals surface area contributed by atoms with Crippen molar-refractivity contribution >= 4 is 35.1 Å². The highest BCUT2D eigenvalue weighted by Gasteiger charge is 2.25. The van der Waals surface area contributed by atoms with Crippen molar-refractivity contribution in [3.63, 3.8) is 0 Å². The minimum atomic E-state index is -0.598. The molecule has 3 N–H and O–H groups in total. The highest BCUT2D eigenvalue weighted by molar-refractivity contribution is 6.30. The monoisotopic (exact) mass is 451 g/mol. The second-order valence-electron chi connectivity index (χ2n) is 7.57. The summed E-state index contributed by atoms with van der Waals surface area (Å²) in [5.41, 5.74) is 0.654. The predicted molar refractivity (Wildman–Crippen MR) is 121 cm³/mol. The number of aromatic nitrogens is 3. The first kappa shape index (κ1) is 23.4. The Kier molecular flexibility index (Phi) is 8.22. The van der Waals surface area contributed by atoms with Gasteiger partial charge >= 0.3 is 0 Å². The summed E-state index contributed by atoms with van der Waals surface area (Å²) in [5.74, 6) is 0.962. The predicted octanol–water partition coefficient (Wildman–Crippen LogP) is 1.52. The van der Waals surface area contributed by atoms with E-state index >= 15 is 0 Å². The van der Waals surface area contributed by atoms with Gasteiger partial charge in [0.15, 0.2) is 0 Å². The van der Waals surface area contributed by atoms with Gasteiger partial charge in [0, 0.05) is 18.1 Å². The van der Waals surface area contributed by atoms with Gasteiger partial charge in [-0.15, -0.1) is 0 Å². The van der Waals surface area contributed by atoms with Gasteiger partial charge in [0.2, 0.25) is 11.9 Å². The van der Waals surface area contributed by atoms with Crippen LogP contribution in [0.25, 0.3) is 0 Å². The van der Waals surface area contributed by atoms with Gasteiger partial charge in [-0.3, -0.25) is 4.84 Å². The third kappa shape index (κ3) is 5.92. The van der Waals surface area contributed by atoms with E-state index < -0.39 is 6.04 Å². The van der Waals surface area contributed by atoms with Crippen molar-refractivity contribution < 1.29 is 15.1 Å². The molecule has 1 fully saturated rings. The highest BCUT2D eigenvalue weighted by Crippen LogP contribution is 2.28. The summed E-state index contributed by atoms with van der Waals surface area (Å²) >= 11 is 6.15. The number of nitrogens with zero attached hydrogens (tertiary/aromatic N) is 6. The molecule has 31 heavy (non-hydrogen) atoms. The average molecular weight is 452 g/mol. The number of aliphatic hydroxyl groups is 2. The summed E-state index contributed by atoms with van der Waals surface area (Å²) in [7, 11) is 5.60. The van der Waals surface area contributed by atoms with Crippen LogP contribution in [0.1, 0.15) is 12.8 Å². The minimum Gasteiger partial charge on any atom is -0.394 e. The molecule has 11 heteroatoms. The summed E-state index contributed by atoms with van der Waals surface area (Å²) in [6.45, 7) is 1.48. The molecule has 0 spiro atoms. The molecule has 2 heterocycles. The van der Waals surface area contributed by atoms with Gasteiger partial charge in [-0.1, -0.05) is 17.7 Å². The fourth-order valence-corrected chi connectivity index (χ4v) is 3.63. The molecule has 1 saturated heterocycles. The van der Waals surface area contributed by atoms with E-state index in [1.807, 2.05) is 24.1 Å². The Labute approximate surface area is 187 Å². The van der Waals surface area contributed by atoms with Gasteiger partial charge in [-0.05, 0) is 51.2 Å². The third-order valence-corrected chi connectivity index (χ3v) is 5.58. The Balaban J connectivity index is 1.97.